The van der Waals surface area contributed by atoms with Crippen molar-refractivity contribution in [2.24, 2.45) is 11.3 Å². The Hall–Kier alpha value is -2.75. The van der Waals surface area contributed by atoms with Crippen molar-refractivity contribution in [2.45, 2.75) is 84.0 Å². The Bertz CT molecular complexity index is 1160. The van der Waals surface area contributed by atoms with Crippen LogP contribution in [0.15, 0.2) is 12.1 Å². The van der Waals surface area contributed by atoms with Crippen LogP contribution >= 0.6 is 0 Å². The number of hydrogen-bond acceptors (Lipinski definition) is 5. The molecule has 2 unspecified atom stereocenters. The average molecular weight is 480 g/mol. The molecule has 2 atom stereocenters. The zero-order valence-electron chi connectivity index (χ0n) is 21.0. The maximum atomic E-state index is 13.0. The first-order valence-electron chi connectivity index (χ1n) is 13.0. The van der Waals surface area contributed by atoms with E-state index in [1.807, 2.05) is 6.07 Å². The Morgan fingerprint density at radius 2 is 1.97 bits per heavy atom. The smallest absolute Gasteiger partial charge is 0.241 e. The van der Waals surface area contributed by atoms with Crippen molar-refractivity contribution in [1.29, 1.82) is 5.26 Å². The molecule has 2 aliphatic carbocycles. The Kier molecular flexibility index (Phi) is 6.19. The number of nitrogens with two attached hydrogens (primary N) is 1. The van der Waals surface area contributed by atoms with Crippen LogP contribution in [0, 0.1) is 22.7 Å². The first-order chi connectivity index (χ1) is 16.8. The summed E-state index contributed by atoms with van der Waals surface area (Å²) in [7, 11) is 0. The average Bonchev–Trinajstić information content (AvgIpc) is 2.80. The largest absolute Gasteiger partial charge is 0.398 e. The number of benzene rings is 1. The molecule has 1 spiro atoms. The molecule has 2 N–H and O–H groups in total. The van der Waals surface area contributed by atoms with Gasteiger partial charge in [-0.2, -0.15) is 5.26 Å². The minimum Gasteiger partial charge on any atom is -0.398 e. The SMILES string of the molecule is CCc1nc2c(c(N3CC4(CC(C(F)F)C4)C3)n1)CCC(c1c(C(C)CC)ccc(N)c1C#N)C2. The highest BCUT2D eigenvalue weighted by Crippen LogP contribution is 2.55. The number of nitrogen functional groups attached to an aromatic ring is 1. The Labute approximate surface area is 206 Å². The van der Waals surface area contributed by atoms with Gasteiger partial charge in [0.1, 0.15) is 17.7 Å². The third-order valence-electron chi connectivity index (χ3n) is 8.69. The molecule has 186 valence electrons. The van der Waals surface area contributed by atoms with Crippen molar-refractivity contribution >= 4 is 11.5 Å². The topological polar surface area (TPSA) is 78.8 Å². The van der Waals surface area contributed by atoms with E-state index in [0.717, 1.165) is 68.1 Å². The van der Waals surface area contributed by atoms with Crippen molar-refractivity contribution in [3.05, 3.63) is 45.9 Å². The third kappa shape index (κ3) is 4.05. The summed E-state index contributed by atoms with van der Waals surface area (Å²) in [6, 6.07) is 6.36. The van der Waals surface area contributed by atoms with Crippen LogP contribution in [-0.4, -0.2) is 29.5 Å². The van der Waals surface area contributed by atoms with Gasteiger partial charge in [0, 0.05) is 42.1 Å². The standard InChI is InChI=1S/C28H35F2N5/c1-4-16(3)19-8-9-22(32)21(13-31)25(19)17-6-7-20-23(10-17)33-24(5-2)34-27(20)35-14-28(15-35)11-18(12-28)26(29)30/h8-9,16-18,26H,4-7,10-12,14-15,32H2,1-3H3. The maximum Gasteiger partial charge on any atom is 0.241 e. The van der Waals surface area contributed by atoms with E-state index in [2.05, 4.69) is 37.8 Å². The van der Waals surface area contributed by atoms with Gasteiger partial charge >= 0.3 is 0 Å². The van der Waals surface area contributed by atoms with Crippen LogP contribution in [0.2, 0.25) is 0 Å². The van der Waals surface area contributed by atoms with E-state index in [0.29, 0.717) is 30.0 Å². The van der Waals surface area contributed by atoms with Crippen molar-refractivity contribution in [3.63, 3.8) is 0 Å². The summed E-state index contributed by atoms with van der Waals surface area (Å²) < 4.78 is 26.0. The zero-order chi connectivity index (χ0) is 24.9. The van der Waals surface area contributed by atoms with Crippen LogP contribution in [0.4, 0.5) is 20.3 Å². The van der Waals surface area contributed by atoms with Crippen LogP contribution in [0.25, 0.3) is 0 Å². The fourth-order valence-corrected chi connectivity index (χ4v) is 6.58. The van der Waals surface area contributed by atoms with E-state index in [1.54, 1.807) is 0 Å². The number of hydrogen-bond donors (Lipinski definition) is 1. The summed E-state index contributed by atoms with van der Waals surface area (Å²) in [6.45, 7) is 8.08. The van der Waals surface area contributed by atoms with Gasteiger partial charge in [0.2, 0.25) is 6.43 Å². The molecule has 0 bridgehead atoms. The zero-order valence-corrected chi connectivity index (χ0v) is 21.0. The molecule has 2 heterocycles. The summed E-state index contributed by atoms with van der Waals surface area (Å²) >= 11 is 0. The molecule has 2 fully saturated rings. The van der Waals surface area contributed by atoms with Crippen molar-refractivity contribution < 1.29 is 8.78 Å². The second kappa shape index (κ2) is 9.04. The molecule has 0 radical (unpaired) electrons. The molecule has 1 aromatic carbocycles. The summed E-state index contributed by atoms with van der Waals surface area (Å²) in [5, 5.41) is 9.96. The molecule has 35 heavy (non-hydrogen) atoms. The second-order valence-corrected chi connectivity index (χ2v) is 11.0. The molecule has 7 heteroatoms. The lowest BCUT2D eigenvalue weighted by Gasteiger charge is -2.59. The molecular weight excluding hydrogens is 444 g/mol. The number of nitrogens with zero attached hydrogens (tertiary/aromatic N) is 4. The van der Waals surface area contributed by atoms with Crippen LogP contribution in [0.3, 0.4) is 0 Å². The Morgan fingerprint density at radius 1 is 1.23 bits per heavy atom. The molecule has 1 saturated carbocycles. The quantitative estimate of drug-likeness (QED) is 0.533. The lowest BCUT2D eigenvalue weighted by molar-refractivity contribution is -0.0658. The molecule has 5 nitrogen and oxygen atoms in total. The predicted octanol–water partition coefficient (Wildman–Crippen LogP) is 5.76. The van der Waals surface area contributed by atoms with Gasteiger partial charge < -0.3 is 10.6 Å². The highest BCUT2D eigenvalue weighted by atomic mass is 19.3. The van der Waals surface area contributed by atoms with E-state index < -0.39 is 12.3 Å². The number of halogens is 2. The third-order valence-corrected chi connectivity index (χ3v) is 8.69. The van der Waals surface area contributed by atoms with E-state index >= 15 is 0 Å². The molecule has 5 rings (SSSR count). The molecule has 1 saturated heterocycles. The summed E-state index contributed by atoms with van der Waals surface area (Å²) in [5.41, 5.74) is 12.1. The van der Waals surface area contributed by atoms with E-state index in [1.165, 1.54) is 11.1 Å². The highest BCUT2D eigenvalue weighted by molar-refractivity contribution is 5.63. The molecule has 0 amide bonds. The number of alkyl halides is 2. The Morgan fingerprint density at radius 3 is 2.60 bits per heavy atom. The van der Waals surface area contributed by atoms with Crippen LogP contribution in [0.5, 0.6) is 0 Å². The molecule has 2 aromatic rings. The van der Waals surface area contributed by atoms with Gasteiger partial charge in [-0.1, -0.05) is 26.8 Å². The minimum atomic E-state index is -2.20. The molecule has 1 aliphatic heterocycles. The molecule has 1 aromatic heterocycles. The van der Waals surface area contributed by atoms with Gasteiger partial charge in [0.25, 0.3) is 0 Å². The number of anilines is 2. The van der Waals surface area contributed by atoms with Gasteiger partial charge in [0.05, 0.1) is 11.3 Å². The van der Waals surface area contributed by atoms with E-state index in [-0.39, 0.29) is 11.3 Å². The number of nitriles is 1. The normalized spacial score (nSPS) is 21.9. The maximum absolute atomic E-state index is 13.0. The summed E-state index contributed by atoms with van der Waals surface area (Å²) in [6.07, 6.45) is 3.34. The summed E-state index contributed by atoms with van der Waals surface area (Å²) in [5.74, 6) is 1.94. The van der Waals surface area contributed by atoms with Crippen molar-refractivity contribution in [2.75, 3.05) is 23.7 Å². The number of rotatable bonds is 6. The number of aryl methyl sites for hydroxylation is 1. The predicted molar refractivity (Wildman–Crippen MR) is 134 cm³/mol. The molecule has 3 aliphatic rings. The minimum absolute atomic E-state index is 0.0525. The fourth-order valence-electron chi connectivity index (χ4n) is 6.58. The number of aromatic nitrogens is 2. The highest BCUT2D eigenvalue weighted by Gasteiger charge is 2.55. The first kappa shape index (κ1) is 24.0. The fraction of sp³-hybridized carbons (Fsp3) is 0.607. The van der Waals surface area contributed by atoms with Crippen LogP contribution in [-0.2, 0) is 19.3 Å². The van der Waals surface area contributed by atoms with E-state index in [9.17, 15) is 14.0 Å². The van der Waals surface area contributed by atoms with Crippen molar-refractivity contribution in [1.82, 2.24) is 9.97 Å². The lowest BCUT2D eigenvalue weighted by atomic mass is 9.58. The lowest BCUT2D eigenvalue weighted by Crippen LogP contribution is -2.63. The van der Waals surface area contributed by atoms with Gasteiger partial charge in [-0.3, -0.25) is 0 Å². The van der Waals surface area contributed by atoms with Crippen molar-refractivity contribution in [3.8, 4) is 6.07 Å². The van der Waals surface area contributed by atoms with Gasteiger partial charge in [-0.25, -0.2) is 18.7 Å². The monoisotopic (exact) mass is 479 g/mol. The number of fused-ring (bicyclic) bond motifs is 1. The Balaban J connectivity index is 1.44. The first-order valence-corrected chi connectivity index (χ1v) is 13.0. The van der Waals surface area contributed by atoms with Crippen LogP contribution < -0.4 is 10.6 Å². The van der Waals surface area contributed by atoms with Gasteiger partial charge in [0.15, 0.2) is 0 Å². The van der Waals surface area contributed by atoms with Gasteiger partial charge in [-0.15, -0.1) is 0 Å². The second-order valence-electron chi connectivity index (χ2n) is 11.0. The van der Waals surface area contributed by atoms with Gasteiger partial charge in [-0.05, 0) is 67.6 Å². The summed E-state index contributed by atoms with van der Waals surface area (Å²) in [4.78, 5) is 12.1. The molecular formula is C28H35F2N5. The van der Waals surface area contributed by atoms with Crippen LogP contribution in [0.1, 0.15) is 92.1 Å². The van der Waals surface area contributed by atoms with E-state index in [4.69, 9.17) is 15.7 Å².